The Kier molecular flexibility index (Phi) is 3.88. The van der Waals surface area contributed by atoms with Crippen LogP contribution in [0.4, 0.5) is 5.69 Å². The molecule has 0 bridgehead atoms. The predicted octanol–water partition coefficient (Wildman–Crippen LogP) is 2.07. The van der Waals surface area contributed by atoms with Crippen LogP contribution in [0.5, 0.6) is 0 Å². The summed E-state index contributed by atoms with van der Waals surface area (Å²) in [6.45, 7) is 3.56. The van der Waals surface area contributed by atoms with Crippen molar-refractivity contribution in [1.29, 1.82) is 0 Å². The molecule has 1 heterocycles. The van der Waals surface area contributed by atoms with E-state index in [4.69, 9.17) is 5.73 Å². The molecule has 2 aromatic rings. The van der Waals surface area contributed by atoms with Crippen LogP contribution in [0.1, 0.15) is 23.5 Å². The molecule has 102 valence electrons. The van der Waals surface area contributed by atoms with Gasteiger partial charge in [0.2, 0.25) is 0 Å². The van der Waals surface area contributed by atoms with Crippen molar-refractivity contribution in [3.05, 3.63) is 41.0 Å². The van der Waals surface area contributed by atoms with Gasteiger partial charge in [0.1, 0.15) is 0 Å². The molecule has 0 fully saturated rings. The van der Waals surface area contributed by atoms with Crippen LogP contribution >= 0.6 is 11.3 Å². The topological polar surface area (TPSA) is 85.1 Å². The standard InChI is InChI=1S/C12H15N3O2S2/c1-8(10-3-5-11(13)6-4-10)15-19(16,17)12-7-14-9(2)18-12/h3-8,15H,13H2,1-2H3. The first-order valence-corrected chi connectivity index (χ1v) is 7.98. The number of aromatic nitrogens is 1. The molecule has 0 aliphatic heterocycles. The summed E-state index contributed by atoms with van der Waals surface area (Å²) in [6, 6.07) is 6.78. The number of nitrogens with two attached hydrogens (primary N) is 1. The molecule has 1 atom stereocenters. The molecule has 0 aliphatic carbocycles. The second kappa shape index (κ2) is 5.28. The number of nitrogen functional groups attached to an aromatic ring is 1. The first kappa shape index (κ1) is 14.0. The zero-order chi connectivity index (χ0) is 14.0. The molecule has 1 aromatic carbocycles. The lowest BCUT2D eigenvalue weighted by Crippen LogP contribution is -2.26. The zero-order valence-electron chi connectivity index (χ0n) is 10.6. The number of sulfonamides is 1. The summed E-state index contributed by atoms with van der Waals surface area (Å²) in [7, 11) is -3.52. The molecule has 0 saturated carbocycles. The second-order valence-electron chi connectivity index (χ2n) is 4.21. The van der Waals surface area contributed by atoms with Crippen molar-refractivity contribution in [2.24, 2.45) is 0 Å². The highest BCUT2D eigenvalue weighted by atomic mass is 32.2. The van der Waals surface area contributed by atoms with Gasteiger partial charge < -0.3 is 5.73 Å². The van der Waals surface area contributed by atoms with Crippen molar-refractivity contribution in [1.82, 2.24) is 9.71 Å². The molecule has 0 saturated heterocycles. The summed E-state index contributed by atoms with van der Waals surface area (Å²) in [6.07, 6.45) is 1.37. The smallest absolute Gasteiger partial charge is 0.252 e. The van der Waals surface area contributed by atoms with Gasteiger partial charge >= 0.3 is 0 Å². The third-order valence-corrected chi connectivity index (χ3v) is 5.55. The maximum absolute atomic E-state index is 12.1. The van der Waals surface area contributed by atoms with E-state index in [-0.39, 0.29) is 10.3 Å². The summed E-state index contributed by atoms with van der Waals surface area (Å²) in [5.74, 6) is 0. The number of thiazole rings is 1. The van der Waals surface area contributed by atoms with Gasteiger partial charge in [0, 0.05) is 11.7 Å². The fourth-order valence-corrected chi connectivity index (χ4v) is 3.97. The number of nitrogens with one attached hydrogen (secondary N) is 1. The van der Waals surface area contributed by atoms with Gasteiger partial charge in [0.15, 0.2) is 4.21 Å². The number of benzene rings is 1. The van der Waals surface area contributed by atoms with E-state index in [0.717, 1.165) is 21.9 Å². The van der Waals surface area contributed by atoms with E-state index >= 15 is 0 Å². The number of aryl methyl sites for hydroxylation is 1. The van der Waals surface area contributed by atoms with Crippen LogP contribution in [0.25, 0.3) is 0 Å². The van der Waals surface area contributed by atoms with E-state index in [0.29, 0.717) is 5.69 Å². The quantitative estimate of drug-likeness (QED) is 0.846. The molecule has 0 aliphatic rings. The molecule has 19 heavy (non-hydrogen) atoms. The summed E-state index contributed by atoms with van der Waals surface area (Å²) in [4.78, 5) is 3.96. The lowest BCUT2D eigenvalue weighted by Gasteiger charge is -2.13. The highest BCUT2D eigenvalue weighted by molar-refractivity contribution is 7.91. The first-order chi connectivity index (χ1) is 8.88. The van der Waals surface area contributed by atoms with Crippen LogP contribution in [0.3, 0.4) is 0 Å². The molecule has 1 aromatic heterocycles. The van der Waals surface area contributed by atoms with Crippen molar-refractivity contribution in [3.8, 4) is 0 Å². The molecular formula is C12H15N3O2S2. The van der Waals surface area contributed by atoms with Crippen LogP contribution in [-0.2, 0) is 10.0 Å². The van der Waals surface area contributed by atoms with Gasteiger partial charge in [-0.2, -0.15) is 0 Å². The van der Waals surface area contributed by atoms with E-state index in [1.807, 2.05) is 0 Å². The average molecular weight is 297 g/mol. The highest BCUT2D eigenvalue weighted by Crippen LogP contribution is 2.21. The Morgan fingerprint density at radius 2 is 1.95 bits per heavy atom. The van der Waals surface area contributed by atoms with Gasteiger partial charge in [0.25, 0.3) is 10.0 Å². The second-order valence-corrected chi connectivity index (χ2v) is 7.38. The summed E-state index contributed by atoms with van der Waals surface area (Å²) < 4.78 is 27.1. The minimum Gasteiger partial charge on any atom is -0.399 e. The summed E-state index contributed by atoms with van der Waals surface area (Å²) in [5, 5.41) is 0.723. The maximum Gasteiger partial charge on any atom is 0.252 e. The largest absolute Gasteiger partial charge is 0.399 e. The Hall–Kier alpha value is -1.44. The van der Waals surface area contributed by atoms with E-state index in [1.165, 1.54) is 6.20 Å². The average Bonchev–Trinajstić information content (AvgIpc) is 2.77. The number of hydrogen-bond acceptors (Lipinski definition) is 5. The van der Waals surface area contributed by atoms with Crippen molar-refractivity contribution in [2.75, 3.05) is 5.73 Å². The zero-order valence-corrected chi connectivity index (χ0v) is 12.3. The van der Waals surface area contributed by atoms with E-state index in [1.54, 1.807) is 38.1 Å². The third kappa shape index (κ3) is 3.31. The maximum atomic E-state index is 12.1. The van der Waals surface area contributed by atoms with Gasteiger partial charge in [-0.3, -0.25) is 0 Å². The van der Waals surface area contributed by atoms with Crippen molar-refractivity contribution >= 4 is 27.0 Å². The minimum atomic E-state index is -3.52. The van der Waals surface area contributed by atoms with Crippen LogP contribution in [0.2, 0.25) is 0 Å². The van der Waals surface area contributed by atoms with Gasteiger partial charge in [-0.25, -0.2) is 18.1 Å². The molecule has 3 N–H and O–H groups in total. The molecule has 2 rings (SSSR count). The fourth-order valence-electron chi connectivity index (χ4n) is 1.61. The minimum absolute atomic E-state index is 0.229. The fraction of sp³-hybridized carbons (Fsp3) is 0.250. The SMILES string of the molecule is Cc1ncc(S(=O)(=O)NC(C)c2ccc(N)cc2)s1. The Morgan fingerprint density at radius 3 is 2.47 bits per heavy atom. The molecule has 0 amide bonds. The van der Waals surface area contributed by atoms with Crippen LogP contribution in [0, 0.1) is 6.92 Å². The summed E-state index contributed by atoms with van der Waals surface area (Å²) >= 11 is 1.15. The lowest BCUT2D eigenvalue weighted by molar-refractivity contribution is 0.569. The van der Waals surface area contributed by atoms with Crippen molar-refractivity contribution in [3.63, 3.8) is 0 Å². The van der Waals surface area contributed by atoms with E-state index < -0.39 is 10.0 Å². The number of nitrogens with zero attached hydrogens (tertiary/aromatic N) is 1. The predicted molar refractivity (Wildman–Crippen MR) is 76.4 cm³/mol. The molecule has 7 heteroatoms. The first-order valence-electron chi connectivity index (χ1n) is 5.69. The molecule has 1 unspecified atom stereocenters. The third-order valence-electron chi connectivity index (χ3n) is 2.63. The Morgan fingerprint density at radius 1 is 1.32 bits per heavy atom. The Bertz CT molecular complexity index is 663. The van der Waals surface area contributed by atoms with Crippen LogP contribution in [-0.4, -0.2) is 13.4 Å². The Labute approximate surface area is 116 Å². The van der Waals surface area contributed by atoms with Crippen molar-refractivity contribution in [2.45, 2.75) is 24.1 Å². The van der Waals surface area contributed by atoms with Gasteiger partial charge in [0.05, 0.1) is 11.2 Å². The normalized spacial score (nSPS) is 13.4. The summed E-state index contributed by atoms with van der Waals surface area (Å²) in [5.41, 5.74) is 7.11. The van der Waals surface area contributed by atoms with Gasteiger partial charge in [-0.1, -0.05) is 12.1 Å². The lowest BCUT2D eigenvalue weighted by atomic mass is 10.1. The number of anilines is 1. The van der Waals surface area contributed by atoms with Crippen LogP contribution in [0.15, 0.2) is 34.7 Å². The number of hydrogen-bond donors (Lipinski definition) is 2. The van der Waals surface area contributed by atoms with E-state index in [2.05, 4.69) is 9.71 Å². The molecule has 5 nitrogen and oxygen atoms in total. The van der Waals surface area contributed by atoms with Gasteiger partial charge in [-0.15, -0.1) is 11.3 Å². The molecule has 0 spiro atoms. The molecule has 0 radical (unpaired) electrons. The van der Waals surface area contributed by atoms with Gasteiger partial charge in [-0.05, 0) is 31.5 Å². The Balaban J connectivity index is 2.18. The number of rotatable bonds is 4. The van der Waals surface area contributed by atoms with E-state index in [9.17, 15) is 8.42 Å². The highest BCUT2D eigenvalue weighted by Gasteiger charge is 2.20. The van der Waals surface area contributed by atoms with Crippen molar-refractivity contribution < 1.29 is 8.42 Å². The monoisotopic (exact) mass is 297 g/mol. The molecular weight excluding hydrogens is 282 g/mol. The van der Waals surface area contributed by atoms with Crippen LogP contribution < -0.4 is 10.5 Å².